The second-order valence-corrected chi connectivity index (χ2v) is 6.94. The molecule has 0 saturated carbocycles. The van der Waals surface area contributed by atoms with E-state index in [4.69, 9.17) is 0 Å². The Kier molecular flexibility index (Phi) is 3.24. The van der Waals surface area contributed by atoms with E-state index in [0.29, 0.717) is 0 Å². The Balaban J connectivity index is 3.02. The van der Waals surface area contributed by atoms with E-state index >= 15 is 0 Å². The maximum atomic E-state index is 4.03. The van der Waals surface area contributed by atoms with Gasteiger partial charge in [-0.3, -0.25) is 0 Å². The molecule has 0 radical (unpaired) electrons. The van der Waals surface area contributed by atoms with Crippen LogP contribution in [0.5, 0.6) is 0 Å². The van der Waals surface area contributed by atoms with Crippen molar-refractivity contribution in [1.82, 2.24) is 0 Å². The summed E-state index contributed by atoms with van der Waals surface area (Å²) in [7, 11) is 0. The predicted octanol–water partition coefficient (Wildman–Crippen LogP) is 5.14. The lowest BCUT2D eigenvalue weighted by molar-refractivity contribution is 0.204. The van der Waals surface area contributed by atoms with Crippen molar-refractivity contribution in [2.45, 2.75) is 48.0 Å². The van der Waals surface area contributed by atoms with Crippen LogP contribution in [0, 0.1) is 16.2 Å². The highest BCUT2D eigenvalue weighted by Gasteiger charge is 2.38. The summed E-state index contributed by atoms with van der Waals surface area (Å²) in [4.78, 5) is 0. The highest BCUT2D eigenvalue weighted by atomic mass is 14.4. The summed E-state index contributed by atoms with van der Waals surface area (Å²) in [5, 5.41) is 0. The highest BCUT2D eigenvalue weighted by Crippen LogP contribution is 2.48. The molecule has 0 aromatic rings. The van der Waals surface area contributed by atoms with Crippen LogP contribution >= 0.6 is 0 Å². The SMILES string of the molecule is C=CC1(C(C)(C)C)C=CC(C(C)(C)C)=CC1. The second kappa shape index (κ2) is 3.91. The lowest BCUT2D eigenvalue weighted by atomic mass is 9.62. The second-order valence-electron chi connectivity index (χ2n) is 6.94. The third-order valence-corrected chi connectivity index (χ3v) is 3.85. The standard InChI is InChI=1S/C16H26/c1-8-16(15(5,6)7)11-9-13(10-12-16)14(2,3)4/h8-11H,1,12H2,2-7H3. The Bertz CT molecular complexity index is 328. The minimum Gasteiger partial charge on any atom is -0.102 e. The highest BCUT2D eigenvalue weighted by molar-refractivity contribution is 5.34. The van der Waals surface area contributed by atoms with E-state index in [-0.39, 0.29) is 16.2 Å². The lowest BCUT2D eigenvalue weighted by Crippen LogP contribution is -2.33. The van der Waals surface area contributed by atoms with Crippen LogP contribution in [0.25, 0.3) is 0 Å². The summed E-state index contributed by atoms with van der Waals surface area (Å²) < 4.78 is 0. The van der Waals surface area contributed by atoms with Crippen LogP contribution in [0.1, 0.15) is 48.0 Å². The van der Waals surface area contributed by atoms with E-state index in [1.807, 2.05) is 0 Å². The zero-order valence-corrected chi connectivity index (χ0v) is 11.7. The molecule has 0 amide bonds. The maximum Gasteiger partial charge on any atom is 0.0145 e. The zero-order chi connectivity index (χ0) is 12.6. The van der Waals surface area contributed by atoms with Crippen molar-refractivity contribution in [3.05, 3.63) is 36.5 Å². The van der Waals surface area contributed by atoms with Crippen molar-refractivity contribution in [3.63, 3.8) is 0 Å². The molecule has 1 aliphatic carbocycles. The van der Waals surface area contributed by atoms with E-state index in [2.05, 4.69) is 72.4 Å². The Hall–Kier alpha value is -0.780. The molecule has 90 valence electrons. The lowest BCUT2D eigenvalue weighted by Gasteiger charge is -2.42. The monoisotopic (exact) mass is 218 g/mol. The molecule has 1 unspecified atom stereocenters. The Morgan fingerprint density at radius 3 is 2.00 bits per heavy atom. The molecule has 16 heavy (non-hydrogen) atoms. The first-order valence-corrected chi connectivity index (χ1v) is 6.16. The van der Waals surface area contributed by atoms with Gasteiger partial charge < -0.3 is 0 Å². The molecule has 0 spiro atoms. The molecule has 0 fully saturated rings. The first-order chi connectivity index (χ1) is 7.12. The minimum absolute atomic E-state index is 0.113. The molecule has 1 aliphatic rings. The molecule has 0 N–H and O–H groups in total. The Morgan fingerprint density at radius 1 is 1.19 bits per heavy atom. The number of allylic oxidation sites excluding steroid dienone is 5. The molecule has 0 nitrogen and oxygen atoms in total. The molecular weight excluding hydrogens is 192 g/mol. The van der Waals surface area contributed by atoms with Gasteiger partial charge in [-0.25, -0.2) is 0 Å². The number of rotatable bonds is 1. The van der Waals surface area contributed by atoms with E-state index < -0.39 is 0 Å². The summed E-state index contributed by atoms with van der Waals surface area (Å²) in [6, 6.07) is 0. The van der Waals surface area contributed by atoms with Crippen LogP contribution < -0.4 is 0 Å². The fourth-order valence-electron chi connectivity index (χ4n) is 2.22. The Labute approximate surface area is 101 Å². The summed E-state index contributed by atoms with van der Waals surface area (Å²) in [5.41, 5.74) is 2.03. The van der Waals surface area contributed by atoms with Crippen molar-refractivity contribution in [2.75, 3.05) is 0 Å². The molecule has 1 atom stereocenters. The average Bonchev–Trinajstić information content (AvgIpc) is 2.14. The molecule has 0 bridgehead atoms. The summed E-state index contributed by atoms with van der Waals surface area (Å²) >= 11 is 0. The maximum absolute atomic E-state index is 4.03. The van der Waals surface area contributed by atoms with Gasteiger partial charge in [-0.05, 0) is 22.8 Å². The van der Waals surface area contributed by atoms with Crippen molar-refractivity contribution in [3.8, 4) is 0 Å². The van der Waals surface area contributed by atoms with E-state index in [0.717, 1.165) is 6.42 Å². The first-order valence-electron chi connectivity index (χ1n) is 6.16. The predicted molar refractivity (Wildman–Crippen MR) is 73.4 cm³/mol. The largest absolute Gasteiger partial charge is 0.102 e. The summed E-state index contributed by atoms with van der Waals surface area (Å²) in [6.07, 6.45) is 10.2. The smallest absolute Gasteiger partial charge is 0.0145 e. The van der Waals surface area contributed by atoms with Crippen LogP contribution in [-0.4, -0.2) is 0 Å². The fourth-order valence-corrected chi connectivity index (χ4v) is 2.22. The third kappa shape index (κ3) is 2.31. The quantitative estimate of drug-likeness (QED) is 0.535. The molecule has 0 saturated heterocycles. The summed E-state index contributed by atoms with van der Waals surface area (Å²) in [5.74, 6) is 0. The van der Waals surface area contributed by atoms with Crippen LogP contribution in [-0.2, 0) is 0 Å². The van der Waals surface area contributed by atoms with Gasteiger partial charge in [0, 0.05) is 5.41 Å². The molecule has 0 aromatic carbocycles. The minimum atomic E-state index is 0.113. The summed E-state index contributed by atoms with van der Waals surface area (Å²) in [6.45, 7) is 17.7. The molecular formula is C16H26. The molecule has 0 aliphatic heterocycles. The van der Waals surface area contributed by atoms with Crippen molar-refractivity contribution < 1.29 is 0 Å². The number of hydrogen-bond acceptors (Lipinski definition) is 0. The molecule has 0 heteroatoms. The van der Waals surface area contributed by atoms with Crippen LogP contribution in [0.4, 0.5) is 0 Å². The molecule has 0 aromatic heterocycles. The fraction of sp³-hybridized carbons (Fsp3) is 0.625. The van der Waals surface area contributed by atoms with Crippen LogP contribution in [0.15, 0.2) is 36.5 Å². The Morgan fingerprint density at radius 2 is 1.75 bits per heavy atom. The van der Waals surface area contributed by atoms with Gasteiger partial charge in [-0.2, -0.15) is 0 Å². The third-order valence-electron chi connectivity index (χ3n) is 3.85. The zero-order valence-electron chi connectivity index (χ0n) is 11.7. The van der Waals surface area contributed by atoms with Gasteiger partial charge in [0.25, 0.3) is 0 Å². The average molecular weight is 218 g/mol. The van der Waals surface area contributed by atoms with Crippen molar-refractivity contribution in [2.24, 2.45) is 16.2 Å². The molecule has 0 heterocycles. The first kappa shape index (κ1) is 13.3. The number of hydrogen-bond donors (Lipinski definition) is 0. The normalized spacial score (nSPS) is 26.5. The van der Waals surface area contributed by atoms with E-state index in [9.17, 15) is 0 Å². The van der Waals surface area contributed by atoms with Crippen molar-refractivity contribution in [1.29, 1.82) is 0 Å². The van der Waals surface area contributed by atoms with Crippen LogP contribution in [0.3, 0.4) is 0 Å². The van der Waals surface area contributed by atoms with Gasteiger partial charge in [-0.1, -0.05) is 65.8 Å². The van der Waals surface area contributed by atoms with E-state index in [1.54, 1.807) is 0 Å². The van der Waals surface area contributed by atoms with Crippen molar-refractivity contribution >= 4 is 0 Å². The van der Waals surface area contributed by atoms with Gasteiger partial charge in [0.1, 0.15) is 0 Å². The topological polar surface area (TPSA) is 0 Å². The van der Waals surface area contributed by atoms with Gasteiger partial charge >= 0.3 is 0 Å². The van der Waals surface area contributed by atoms with Gasteiger partial charge in [0.05, 0.1) is 0 Å². The van der Waals surface area contributed by atoms with Crippen LogP contribution in [0.2, 0.25) is 0 Å². The van der Waals surface area contributed by atoms with E-state index in [1.165, 1.54) is 5.57 Å². The molecule has 1 rings (SSSR count). The van der Waals surface area contributed by atoms with Gasteiger partial charge in [-0.15, -0.1) is 6.58 Å². The van der Waals surface area contributed by atoms with Gasteiger partial charge in [0.2, 0.25) is 0 Å². The van der Waals surface area contributed by atoms with Gasteiger partial charge in [0.15, 0.2) is 0 Å².